The van der Waals surface area contributed by atoms with E-state index < -0.39 is 0 Å². The van der Waals surface area contributed by atoms with Gasteiger partial charge in [0.1, 0.15) is 0 Å². The highest BCUT2D eigenvalue weighted by Crippen LogP contribution is 2.30. The van der Waals surface area contributed by atoms with Crippen LogP contribution in [-0.2, 0) is 14.3 Å². The first-order chi connectivity index (χ1) is 10.0. The first kappa shape index (κ1) is 15.0. The number of carbonyl (C=O) groups is 2. The van der Waals surface area contributed by atoms with Crippen molar-refractivity contribution in [3.63, 3.8) is 0 Å². The second-order valence-electron chi connectivity index (χ2n) is 6.98. The third-order valence-corrected chi connectivity index (χ3v) is 5.51. The molecule has 2 amide bonds. The number of hydrogen-bond donors (Lipinski definition) is 1. The van der Waals surface area contributed by atoms with Crippen molar-refractivity contribution in [2.24, 2.45) is 0 Å². The van der Waals surface area contributed by atoms with Crippen LogP contribution in [0, 0.1) is 0 Å². The predicted octanol–water partition coefficient (Wildman–Crippen LogP) is 1.60. The fraction of sp³-hybridized carbons (Fsp3) is 0.875. The van der Waals surface area contributed by atoms with E-state index in [1.165, 1.54) is 6.42 Å². The van der Waals surface area contributed by atoms with Crippen LogP contribution in [0.2, 0.25) is 0 Å². The molecule has 3 aliphatic rings. The van der Waals surface area contributed by atoms with E-state index in [0.717, 1.165) is 32.1 Å². The summed E-state index contributed by atoms with van der Waals surface area (Å²) in [6, 6.07) is -0.232. The molecular weight excluding hydrogens is 268 g/mol. The first-order valence-electron chi connectivity index (χ1n) is 8.26. The fourth-order valence-electron chi connectivity index (χ4n) is 3.91. The largest absolute Gasteiger partial charge is 0.377 e. The Morgan fingerprint density at radius 1 is 1.24 bits per heavy atom. The number of amides is 2. The van der Waals surface area contributed by atoms with Crippen LogP contribution in [-0.4, -0.2) is 47.0 Å². The van der Waals surface area contributed by atoms with Crippen molar-refractivity contribution in [2.45, 2.75) is 82.5 Å². The standard InChI is InChI=1S/C16H26N2O3/c1-11-16(2,8-9-21-11)17-13-10-14(19)18(15(13)20)12-6-4-3-5-7-12/h11-13,17H,3-10H2,1-2H3. The van der Waals surface area contributed by atoms with Crippen LogP contribution in [0.4, 0.5) is 0 Å². The van der Waals surface area contributed by atoms with Gasteiger partial charge < -0.3 is 4.74 Å². The maximum absolute atomic E-state index is 12.7. The summed E-state index contributed by atoms with van der Waals surface area (Å²) >= 11 is 0. The lowest BCUT2D eigenvalue weighted by atomic mass is 9.93. The zero-order valence-corrected chi connectivity index (χ0v) is 13.1. The molecule has 2 aliphatic heterocycles. The third-order valence-electron chi connectivity index (χ3n) is 5.51. The van der Waals surface area contributed by atoms with Gasteiger partial charge in [-0.2, -0.15) is 0 Å². The van der Waals surface area contributed by atoms with Crippen molar-refractivity contribution in [3.05, 3.63) is 0 Å². The van der Waals surface area contributed by atoms with Crippen molar-refractivity contribution >= 4 is 11.8 Å². The molecule has 21 heavy (non-hydrogen) atoms. The molecule has 3 rings (SSSR count). The van der Waals surface area contributed by atoms with E-state index in [4.69, 9.17) is 4.74 Å². The molecule has 5 heteroatoms. The van der Waals surface area contributed by atoms with Gasteiger partial charge in [0.25, 0.3) is 0 Å². The van der Waals surface area contributed by atoms with Gasteiger partial charge in [0, 0.05) is 18.2 Å². The van der Waals surface area contributed by atoms with Gasteiger partial charge in [0.15, 0.2) is 0 Å². The lowest BCUT2D eigenvalue weighted by Gasteiger charge is -2.33. The molecule has 1 N–H and O–H groups in total. The minimum Gasteiger partial charge on any atom is -0.377 e. The Labute approximate surface area is 126 Å². The predicted molar refractivity (Wildman–Crippen MR) is 78.7 cm³/mol. The average Bonchev–Trinajstić information content (AvgIpc) is 2.92. The number of ether oxygens (including phenoxy) is 1. The minimum atomic E-state index is -0.367. The van der Waals surface area contributed by atoms with Gasteiger partial charge in [0.2, 0.25) is 11.8 Å². The van der Waals surface area contributed by atoms with E-state index in [1.54, 1.807) is 4.90 Å². The van der Waals surface area contributed by atoms with Crippen molar-refractivity contribution in [2.75, 3.05) is 6.61 Å². The van der Waals surface area contributed by atoms with Gasteiger partial charge in [-0.3, -0.25) is 19.8 Å². The van der Waals surface area contributed by atoms with Crippen molar-refractivity contribution < 1.29 is 14.3 Å². The molecule has 118 valence electrons. The summed E-state index contributed by atoms with van der Waals surface area (Å²) in [7, 11) is 0. The molecule has 0 aromatic rings. The first-order valence-corrected chi connectivity index (χ1v) is 8.26. The number of rotatable bonds is 3. The summed E-state index contributed by atoms with van der Waals surface area (Å²) in [5.41, 5.74) is -0.205. The Bertz CT molecular complexity index is 433. The van der Waals surface area contributed by atoms with E-state index in [2.05, 4.69) is 12.2 Å². The molecule has 0 spiro atoms. The average molecular weight is 294 g/mol. The summed E-state index contributed by atoms with van der Waals surface area (Å²) in [5, 5.41) is 3.42. The topological polar surface area (TPSA) is 58.6 Å². The van der Waals surface area contributed by atoms with Gasteiger partial charge in [-0.05, 0) is 33.1 Å². The number of hydrogen-bond acceptors (Lipinski definition) is 4. The Balaban J connectivity index is 1.68. The van der Waals surface area contributed by atoms with E-state index in [1.807, 2.05) is 6.92 Å². The quantitative estimate of drug-likeness (QED) is 0.803. The Morgan fingerprint density at radius 3 is 2.57 bits per heavy atom. The highest BCUT2D eigenvalue weighted by molar-refractivity contribution is 6.05. The third kappa shape index (κ3) is 2.73. The normalized spacial score (nSPS) is 38.5. The van der Waals surface area contributed by atoms with E-state index >= 15 is 0 Å². The van der Waals surface area contributed by atoms with Crippen LogP contribution in [0.1, 0.15) is 58.8 Å². The van der Waals surface area contributed by atoms with Crippen LogP contribution in [0.25, 0.3) is 0 Å². The second-order valence-corrected chi connectivity index (χ2v) is 6.98. The molecule has 0 aromatic heterocycles. The zero-order valence-electron chi connectivity index (χ0n) is 13.1. The summed E-state index contributed by atoms with van der Waals surface area (Å²) in [6.45, 7) is 4.83. The summed E-state index contributed by atoms with van der Waals surface area (Å²) in [5.74, 6) is -0.0215. The number of nitrogens with one attached hydrogen (secondary N) is 1. The zero-order chi connectivity index (χ0) is 15.0. The van der Waals surface area contributed by atoms with Gasteiger partial charge in [-0.1, -0.05) is 19.3 Å². The van der Waals surface area contributed by atoms with Crippen LogP contribution in [0.3, 0.4) is 0 Å². The molecule has 0 bridgehead atoms. The maximum Gasteiger partial charge on any atom is 0.247 e. The molecule has 1 aliphatic carbocycles. The highest BCUT2D eigenvalue weighted by Gasteiger charge is 2.47. The highest BCUT2D eigenvalue weighted by atomic mass is 16.5. The smallest absolute Gasteiger partial charge is 0.247 e. The summed E-state index contributed by atoms with van der Waals surface area (Å²) in [4.78, 5) is 26.5. The van der Waals surface area contributed by atoms with E-state index in [-0.39, 0.29) is 35.5 Å². The number of nitrogens with zero attached hydrogens (tertiary/aromatic N) is 1. The minimum absolute atomic E-state index is 0.000400. The van der Waals surface area contributed by atoms with Crippen LogP contribution >= 0.6 is 0 Å². The van der Waals surface area contributed by atoms with Gasteiger partial charge in [-0.25, -0.2) is 0 Å². The van der Waals surface area contributed by atoms with E-state index in [0.29, 0.717) is 13.0 Å². The molecule has 1 saturated carbocycles. The molecule has 3 atom stereocenters. The SMILES string of the molecule is CC1OCCC1(C)NC1CC(=O)N(C2CCCCC2)C1=O. The van der Waals surface area contributed by atoms with E-state index in [9.17, 15) is 9.59 Å². The molecule has 5 nitrogen and oxygen atoms in total. The monoisotopic (exact) mass is 294 g/mol. The molecule has 0 radical (unpaired) electrons. The molecule has 0 aromatic carbocycles. The molecule has 2 saturated heterocycles. The summed E-state index contributed by atoms with van der Waals surface area (Å²) < 4.78 is 5.61. The molecular formula is C16H26N2O3. The number of carbonyl (C=O) groups excluding carboxylic acids is 2. The maximum atomic E-state index is 12.7. The van der Waals surface area contributed by atoms with Crippen molar-refractivity contribution in [3.8, 4) is 0 Å². The Kier molecular flexibility index (Phi) is 4.06. The van der Waals surface area contributed by atoms with Crippen molar-refractivity contribution in [1.82, 2.24) is 10.2 Å². The fourth-order valence-corrected chi connectivity index (χ4v) is 3.91. The van der Waals surface area contributed by atoms with Gasteiger partial charge in [0.05, 0.1) is 18.6 Å². The van der Waals surface area contributed by atoms with Crippen molar-refractivity contribution in [1.29, 1.82) is 0 Å². The lowest BCUT2D eigenvalue weighted by molar-refractivity contribution is -0.142. The van der Waals surface area contributed by atoms with Crippen LogP contribution < -0.4 is 5.32 Å². The molecule has 2 heterocycles. The van der Waals surface area contributed by atoms with Gasteiger partial charge >= 0.3 is 0 Å². The Morgan fingerprint density at radius 2 is 1.95 bits per heavy atom. The Hall–Kier alpha value is -0.940. The summed E-state index contributed by atoms with van der Waals surface area (Å²) in [6.07, 6.45) is 6.69. The molecule has 3 unspecified atom stereocenters. The number of imide groups is 1. The molecule has 3 fully saturated rings. The van der Waals surface area contributed by atoms with Crippen LogP contribution in [0.15, 0.2) is 0 Å². The lowest BCUT2D eigenvalue weighted by Crippen LogP contribution is -2.55. The second kappa shape index (κ2) is 5.69. The van der Waals surface area contributed by atoms with Gasteiger partial charge in [-0.15, -0.1) is 0 Å². The number of likely N-dealkylation sites (tertiary alicyclic amines) is 1. The van der Waals surface area contributed by atoms with Crippen LogP contribution in [0.5, 0.6) is 0 Å².